The molecule has 0 spiro atoms. The second kappa shape index (κ2) is 5.65. The maximum atomic E-state index is 9.08. The van der Waals surface area contributed by atoms with Gasteiger partial charge in [-0.2, -0.15) is 5.26 Å². The lowest BCUT2D eigenvalue weighted by Gasteiger charge is -2.31. The zero-order valence-electron chi connectivity index (χ0n) is 10.0. The maximum Gasteiger partial charge on any atom is 0.0735 e. The van der Waals surface area contributed by atoms with Gasteiger partial charge in [0, 0.05) is 12.5 Å². The van der Waals surface area contributed by atoms with E-state index in [1.54, 1.807) is 0 Å². The molecule has 90 valence electrons. The molecule has 2 rings (SSSR count). The molecule has 0 aromatic carbocycles. The molecule has 0 aromatic rings. The lowest BCUT2D eigenvalue weighted by Crippen LogP contribution is -2.31. The molecule has 3 heteroatoms. The van der Waals surface area contributed by atoms with Crippen LogP contribution in [-0.2, 0) is 9.47 Å². The maximum absolute atomic E-state index is 9.08. The van der Waals surface area contributed by atoms with Crippen LogP contribution in [-0.4, -0.2) is 25.9 Å². The van der Waals surface area contributed by atoms with Crippen LogP contribution < -0.4 is 0 Å². The fourth-order valence-electron chi connectivity index (χ4n) is 2.63. The summed E-state index contributed by atoms with van der Waals surface area (Å²) in [4.78, 5) is 0. The molecule has 0 radical (unpaired) electrons. The minimum Gasteiger partial charge on any atom is -0.381 e. The molecular weight excluding hydrogens is 202 g/mol. The van der Waals surface area contributed by atoms with Crippen molar-refractivity contribution in [1.29, 1.82) is 5.26 Å². The SMILES string of the molecule is CC1CCC(C#N)C(OCC2CCOC2)C1. The molecule has 0 amide bonds. The number of hydrogen-bond donors (Lipinski definition) is 0. The monoisotopic (exact) mass is 223 g/mol. The van der Waals surface area contributed by atoms with Gasteiger partial charge in [-0.1, -0.05) is 6.92 Å². The Bertz CT molecular complexity index is 255. The Labute approximate surface area is 97.7 Å². The van der Waals surface area contributed by atoms with Crippen molar-refractivity contribution in [2.24, 2.45) is 17.8 Å². The molecule has 1 heterocycles. The Morgan fingerprint density at radius 1 is 1.38 bits per heavy atom. The molecule has 0 bridgehead atoms. The van der Waals surface area contributed by atoms with E-state index in [1.807, 2.05) is 0 Å². The first kappa shape index (κ1) is 11.9. The number of rotatable bonds is 3. The first-order valence-corrected chi connectivity index (χ1v) is 6.38. The molecule has 4 unspecified atom stereocenters. The third-order valence-electron chi connectivity index (χ3n) is 3.79. The van der Waals surface area contributed by atoms with E-state index in [9.17, 15) is 0 Å². The van der Waals surface area contributed by atoms with Gasteiger partial charge in [0.25, 0.3) is 0 Å². The van der Waals surface area contributed by atoms with E-state index in [1.165, 1.54) is 6.42 Å². The summed E-state index contributed by atoms with van der Waals surface area (Å²) in [6, 6.07) is 2.39. The number of nitrogens with zero attached hydrogens (tertiary/aromatic N) is 1. The Morgan fingerprint density at radius 2 is 2.25 bits per heavy atom. The summed E-state index contributed by atoms with van der Waals surface area (Å²) in [6.07, 6.45) is 4.49. The molecule has 4 atom stereocenters. The molecule has 16 heavy (non-hydrogen) atoms. The minimum absolute atomic E-state index is 0.110. The summed E-state index contributed by atoms with van der Waals surface area (Å²) in [6.45, 7) is 4.73. The summed E-state index contributed by atoms with van der Waals surface area (Å²) in [5.41, 5.74) is 0. The third kappa shape index (κ3) is 2.96. The van der Waals surface area contributed by atoms with E-state index < -0.39 is 0 Å². The van der Waals surface area contributed by atoms with Crippen LogP contribution in [0.15, 0.2) is 0 Å². The van der Waals surface area contributed by atoms with Crippen LogP contribution >= 0.6 is 0 Å². The molecular formula is C13H21NO2. The van der Waals surface area contributed by atoms with Crippen molar-refractivity contribution in [3.8, 4) is 6.07 Å². The Balaban J connectivity index is 1.78. The predicted octanol–water partition coefficient (Wildman–Crippen LogP) is 2.37. The van der Waals surface area contributed by atoms with Crippen LogP contribution in [0.1, 0.15) is 32.6 Å². The van der Waals surface area contributed by atoms with Gasteiger partial charge < -0.3 is 9.47 Å². The van der Waals surface area contributed by atoms with Gasteiger partial charge in [-0.15, -0.1) is 0 Å². The Morgan fingerprint density at radius 3 is 2.94 bits per heavy atom. The van der Waals surface area contributed by atoms with Gasteiger partial charge in [0.1, 0.15) is 0 Å². The van der Waals surface area contributed by atoms with E-state index in [2.05, 4.69) is 13.0 Å². The fraction of sp³-hybridized carbons (Fsp3) is 0.923. The molecule has 1 aliphatic heterocycles. The quantitative estimate of drug-likeness (QED) is 0.737. The number of hydrogen-bond acceptors (Lipinski definition) is 3. The van der Waals surface area contributed by atoms with Gasteiger partial charge in [-0.05, 0) is 31.6 Å². The van der Waals surface area contributed by atoms with Crippen molar-refractivity contribution in [3.05, 3.63) is 0 Å². The van der Waals surface area contributed by atoms with Gasteiger partial charge in [-0.25, -0.2) is 0 Å². The molecule has 1 aliphatic carbocycles. The number of ether oxygens (including phenoxy) is 2. The molecule has 2 aliphatic rings. The highest BCUT2D eigenvalue weighted by molar-refractivity contribution is 4.93. The van der Waals surface area contributed by atoms with E-state index in [4.69, 9.17) is 14.7 Å². The minimum atomic E-state index is 0.110. The zero-order chi connectivity index (χ0) is 11.4. The van der Waals surface area contributed by atoms with E-state index in [0.29, 0.717) is 11.8 Å². The summed E-state index contributed by atoms with van der Waals surface area (Å²) in [5, 5.41) is 9.08. The smallest absolute Gasteiger partial charge is 0.0735 e. The van der Waals surface area contributed by atoms with Gasteiger partial charge in [0.15, 0.2) is 0 Å². The first-order chi connectivity index (χ1) is 7.79. The van der Waals surface area contributed by atoms with Crippen molar-refractivity contribution in [1.82, 2.24) is 0 Å². The van der Waals surface area contributed by atoms with Crippen LogP contribution in [0, 0.1) is 29.1 Å². The highest BCUT2D eigenvalue weighted by Gasteiger charge is 2.30. The van der Waals surface area contributed by atoms with Crippen molar-refractivity contribution in [2.75, 3.05) is 19.8 Å². The largest absolute Gasteiger partial charge is 0.381 e. The van der Waals surface area contributed by atoms with Crippen LogP contribution in [0.2, 0.25) is 0 Å². The van der Waals surface area contributed by atoms with Gasteiger partial charge in [-0.3, -0.25) is 0 Å². The first-order valence-electron chi connectivity index (χ1n) is 6.38. The van der Waals surface area contributed by atoms with Crippen LogP contribution in [0.4, 0.5) is 0 Å². The molecule has 0 aromatic heterocycles. The lowest BCUT2D eigenvalue weighted by atomic mass is 9.81. The average molecular weight is 223 g/mol. The summed E-state index contributed by atoms with van der Waals surface area (Å²) < 4.78 is 11.3. The van der Waals surface area contributed by atoms with Crippen molar-refractivity contribution < 1.29 is 9.47 Å². The van der Waals surface area contributed by atoms with Crippen LogP contribution in [0.25, 0.3) is 0 Å². The summed E-state index contributed by atoms with van der Waals surface area (Å²) >= 11 is 0. The second-order valence-corrected chi connectivity index (χ2v) is 5.26. The van der Waals surface area contributed by atoms with Crippen molar-refractivity contribution in [2.45, 2.75) is 38.7 Å². The second-order valence-electron chi connectivity index (χ2n) is 5.26. The molecule has 3 nitrogen and oxygen atoms in total. The standard InChI is InChI=1S/C13H21NO2/c1-10-2-3-12(7-14)13(6-10)16-9-11-4-5-15-8-11/h10-13H,2-6,8-9H2,1H3. The Kier molecular flexibility index (Phi) is 4.20. The average Bonchev–Trinajstić information content (AvgIpc) is 2.79. The highest BCUT2D eigenvalue weighted by Crippen LogP contribution is 2.31. The molecule has 2 fully saturated rings. The fourth-order valence-corrected chi connectivity index (χ4v) is 2.63. The highest BCUT2D eigenvalue weighted by atomic mass is 16.5. The molecule has 1 saturated heterocycles. The van der Waals surface area contributed by atoms with E-state index in [-0.39, 0.29) is 12.0 Å². The topological polar surface area (TPSA) is 42.2 Å². The van der Waals surface area contributed by atoms with Gasteiger partial charge in [0.2, 0.25) is 0 Å². The van der Waals surface area contributed by atoms with Crippen molar-refractivity contribution in [3.63, 3.8) is 0 Å². The summed E-state index contributed by atoms with van der Waals surface area (Å²) in [5.74, 6) is 1.37. The van der Waals surface area contributed by atoms with Gasteiger partial charge >= 0.3 is 0 Å². The zero-order valence-corrected chi connectivity index (χ0v) is 10.0. The number of nitriles is 1. The van der Waals surface area contributed by atoms with Crippen LogP contribution in [0.3, 0.4) is 0 Å². The Hall–Kier alpha value is -0.590. The predicted molar refractivity (Wildman–Crippen MR) is 60.8 cm³/mol. The molecule has 1 saturated carbocycles. The normalized spacial score (nSPS) is 39.5. The van der Waals surface area contributed by atoms with E-state index >= 15 is 0 Å². The third-order valence-corrected chi connectivity index (χ3v) is 3.79. The summed E-state index contributed by atoms with van der Waals surface area (Å²) in [7, 11) is 0. The van der Waals surface area contributed by atoms with Crippen LogP contribution in [0.5, 0.6) is 0 Å². The van der Waals surface area contributed by atoms with Crippen molar-refractivity contribution >= 4 is 0 Å². The lowest BCUT2D eigenvalue weighted by molar-refractivity contribution is -0.0242. The van der Waals surface area contributed by atoms with E-state index in [0.717, 1.165) is 39.1 Å². The van der Waals surface area contributed by atoms with Gasteiger partial charge in [0.05, 0.1) is 31.3 Å². The molecule has 0 N–H and O–H groups in total.